The molecule has 1 aromatic heterocycles. The third kappa shape index (κ3) is 4.00. The third-order valence-corrected chi connectivity index (χ3v) is 4.35. The summed E-state index contributed by atoms with van der Waals surface area (Å²) in [6.07, 6.45) is 0. The van der Waals surface area contributed by atoms with Gasteiger partial charge in [-0.15, -0.1) is 11.3 Å². The first-order chi connectivity index (χ1) is 11.8. The molecule has 0 radical (unpaired) electrons. The van der Waals surface area contributed by atoms with E-state index >= 15 is 0 Å². The summed E-state index contributed by atoms with van der Waals surface area (Å²) < 4.78 is 5.42. The van der Waals surface area contributed by atoms with Crippen molar-refractivity contribution >= 4 is 17.2 Å². The van der Waals surface area contributed by atoms with Crippen molar-refractivity contribution in [2.45, 2.75) is 13.5 Å². The molecule has 0 spiro atoms. The summed E-state index contributed by atoms with van der Waals surface area (Å²) in [5.41, 5.74) is 2.53. The Morgan fingerprint density at radius 1 is 1.17 bits per heavy atom. The van der Waals surface area contributed by atoms with Crippen LogP contribution in [-0.4, -0.2) is 17.5 Å². The van der Waals surface area contributed by atoms with Crippen LogP contribution in [-0.2, 0) is 6.54 Å². The van der Waals surface area contributed by atoms with Crippen molar-refractivity contribution in [2.24, 2.45) is 0 Å². The van der Waals surface area contributed by atoms with Crippen LogP contribution in [0.25, 0.3) is 10.6 Å². The van der Waals surface area contributed by atoms with Crippen LogP contribution in [0.3, 0.4) is 0 Å². The monoisotopic (exact) mass is 338 g/mol. The summed E-state index contributed by atoms with van der Waals surface area (Å²) in [5.74, 6) is 0.566. The molecule has 122 valence electrons. The number of carbonyl (C=O) groups excluding carboxylic acids is 1. The minimum absolute atomic E-state index is 0.134. The number of benzene rings is 2. The van der Waals surface area contributed by atoms with Crippen molar-refractivity contribution in [1.82, 2.24) is 10.3 Å². The Morgan fingerprint density at radius 3 is 2.79 bits per heavy atom. The average Bonchev–Trinajstić information content (AvgIpc) is 3.10. The SMILES string of the molecule is CCOc1cccc(C(=O)NCc2csc(-c3ccccc3)n2)c1. The van der Waals surface area contributed by atoms with Crippen LogP contribution in [0.15, 0.2) is 60.0 Å². The molecule has 2 aromatic carbocycles. The molecular weight excluding hydrogens is 320 g/mol. The van der Waals surface area contributed by atoms with Crippen molar-refractivity contribution < 1.29 is 9.53 Å². The van der Waals surface area contributed by atoms with E-state index in [0.29, 0.717) is 24.5 Å². The minimum Gasteiger partial charge on any atom is -0.494 e. The molecule has 0 atom stereocenters. The van der Waals surface area contributed by atoms with Gasteiger partial charge < -0.3 is 10.1 Å². The molecule has 4 nitrogen and oxygen atoms in total. The van der Waals surface area contributed by atoms with Gasteiger partial charge in [-0.3, -0.25) is 4.79 Å². The van der Waals surface area contributed by atoms with Crippen LogP contribution in [0.2, 0.25) is 0 Å². The van der Waals surface area contributed by atoms with Crippen molar-refractivity contribution in [1.29, 1.82) is 0 Å². The Hall–Kier alpha value is -2.66. The fraction of sp³-hybridized carbons (Fsp3) is 0.158. The van der Waals surface area contributed by atoms with Gasteiger partial charge in [0.2, 0.25) is 0 Å². The number of rotatable bonds is 6. The van der Waals surface area contributed by atoms with Crippen molar-refractivity contribution in [2.75, 3.05) is 6.61 Å². The van der Waals surface area contributed by atoms with E-state index in [1.165, 1.54) is 0 Å². The van der Waals surface area contributed by atoms with Gasteiger partial charge in [-0.05, 0) is 25.1 Å². The molecule has 0 saturated carbocycles. The van der Waals surface area contributed by atoms with E-state index in [2.05, 4.69) is 10.3 Å². The number of ether oxygens (including phenoxy) is 1. The van der Waals surface area contributed by atoms with Gasteiger partial charge in [-0.25, -0.2) is 4.98 Å². The van der Waals surface area contributed by atoms with Crippen molar-refractivity contribution in [3.05, 3.63) is 71.2 Å². The Kier molecular flexibility index (Phi) is 5.23. The number of hydrogen-bond acceptors (Lipinski definition) is 4. The van der Waals surface area contributed by atoms with E-state index in [0.717, 1.165) is 16.3 Å². The lowest BCUT2D eigenvalue weighted by Gasteiger charge is -2.06. The average molecular weight is 338 g/mol. The van der Waals surface area contributed by atoms with Gasteiger partial charge >= 0.3 is 0 Å². The maximum atomic E-state index is 12.3. The molecule has 0 unspecified atom stereocenters. The second kappa shape index (κ2) is 7.75. The number of hydrogen-bond donors (Lipinski definition) is 1. The summed E-state index contributed by atoms with van der Waals surface area (Å²) in [5, 5.41) is 5.83. The minimum atomic E-state index is -0.134. The summed E-state index contributed by atoms with van der Waals surface area (Å²) >= 11 is 1.58. The highest BCUT2D eigenvalue weighted by molar-refractivity contribution is 7.13. The Balaban J connectivity index is 1.62. The van der Waals surface area contributed by atoms with Crippen LogP contribution in [0.5, 0.6) is 5.75 Å². The fourth-order valence-corrected chi connectivity index (χ4v) is 3.09. The summed E-state index contributed by atoms with van der Waals surface area (Å²) in [6.45, 7) is 2.90. The molecule has 0 aliphatic carbocycles. The van der Waals surface area contributed by atoms with Gasteiger partial charge in [-0.1, -0.05) is 36.4 Å². The molecule has 0 saturated heterocycles. The van der Waals surface area contributed by atoms with E-state index in [4.69, 9.17) is 4.74 Å². The van der Waals surface area contributed by atoms with Crippen molar-refractivity contribution in [3.63, 3.8) is 0 Å². The molecule has 3 aromatic rings. The summed E-state index contributed by atoms with van der Waals surface area (Å²) in [4.78, 5) is 16.8. The lowest BCUT2D eigenvalue weighted by atomic mass is 10.2. The maximum absolute atomic E-state index is 12.3. The number of aromatic nitrogens is 1. The van der Waals surface area contributed by atoms with Crippen LogP contribution in [0.1, 0.15) is 23.0 Å². The fourth-order valence-electron chi connectivity index (χ4n) is 2.27. The van der Waals surface area contributed by atoms with Gasteiger partial charge in [0.05, 0.1) is 18.8 Å². The highest BCUT2D eigenvalue weighted by atomic mass is 32.1. The predicted molar refractivity (Wildman–Crippen MR) is 96.3 cm³/mol. The Bertz CT molecular complexity index is 815. The molecule has 5 heteroatoms. The largest absolute Gasteiger partial charge is 0.494 e. The number of nitrogens with one attached hydrogen (secondary N) is 1. The molecule has 1 amide bonds. The van der Waals surface area contributed by atoms with E-state index in [-0.39, 0.29) is 5.91 Å². The molecule has 1 N–H and O–H groups in total. The van der Waals surface area contributed by atoms with E-state index in [1.807, 2.05) is 54.8 Å². The lowest BCUT2D eigenvalue weighted by molar-refractivity contribution is 0.0950. The number of nitrogens with zero attached hydrogens (tertiary/aromatic N) is 1. The van der Waals surface area contributed by atoms with Gasteiger partial charge in [0, 0.05) is 16.5 Å². The van der Waals surface area contributed by atoms with Crippen LogP contribution >= 0.6 is 11.3 Å². The first kappa shape index (κ1) is 16.2. The summed E-state index contributed by atoms with van der Waals surface area (Å²) in [7, 11) is 0. The Labute approximate surface area is 145 Å². The van der Waals surface area contributed by atoms with Gasteiger partial charge in [0.15, 0.2) is 0 Å². The molecule has 3 rings (SSSR count). The number of thiazole rings is 1. The molecule has 0 aliphatic rings. The van der Waals surface area contributed by atoms with Gasteiger partial charge in [0.25, 0.3) is 5.91 Å². The lowest BCUT2D eigenvalue weighted by Crippen LogP contribution is -2.22. The topological polar surface area (TPSA) is 51.2 Å². The first-order valence-corrected chi connectivity index (χ1v) is 8.65. The molecule has 24 heavy (non-hydrogen) atoms. The van der Waals surface area contributed by atoms with Gasteiger partial charge in [0.1, 0.15) is 10.8 Å². The molecule has 1 heterocycles. The maximum Gasteiger partial charge on any atom is 0.251 e. The smallest absolute Gasteiger partial charge is 0.251 e. The third-order valence-electron chi connectivity index (χ3n) is 3.41. The molecular formula is C19H18N2O2S. The summed E-state index contributed by atoms with van der Waals surface area (Å²) in [6, 6.07) is 17.2. The highest BCUT2D eigenvalue weighted by Crippen LogP contribution is 2.23. The molecule has 0 aliphatic heterocycles. The quantitative estimate of drug-likeness (QED) is 0.735. The van der Waals surface area contributed by atoms with Crippen LogP contribution in [0, 0.1) is 0 Å². The highest BCUT2D eigenvalue weighted by Gasteiger charge is 2.09. The number of carbonyl (C=O) groups is 1. The molecule has 0 fully saturated rings. The standard InChI is InChI=1S/C19H18N2O2S/c1-2-23-17-10-6-9-15(11-17)18(22)20-12-16-13-24-19(21-16)14-7-4-3-5-8-14/h3-11,13H,2,12H2,1H3,(H,20,22). The van der Waals surface area contributed by atoms with E-state index < -0.39 is 0 Å². The zero-order chi connectivity index (χ0) is 16.8. The zero-order valence-electron chi connectivity index (χ0n) is 13.4. The second-order valence-electron chi connectivity index (χ2n) is 5.15. The van der Waals surface area contributed by atoms with Crippen molar-refractivity contribution in [3.8, 4) is 16.3 Å². The number of amides is 1. The normalized spacial score (nSPS) is 10.4. The second-order valence-corrected chi connectivity index (χ2v) is 6.01. The van der Waals surface area contributed by atoms with Crippen LogP contribution in [0.4, 0.5) is 0 Å². The van der Waals surface area contributed by atoms with Crippen LogP contribution < -0.4 is 10.1 Å². The predicted octanol–water partition coefficient (Wildman–Crippen LogP) is 4.14. The van der Waals surface area contributed by atoms with E-state index in [9.17, 15) is 4.79 Å². The van der Waals surface area contributed by atoms with E-state index in [1.54, 1.807) is 23.5 Å². The molecule has 0 bridgehead atoms. The van der Waals surface area contributed by atoms with Gasteiger partial charge in [-0.2, -0.15) is 0 Å². The first-order valence-electron chi connectivity index (χ1n) is 7.77. The Morgan fingerprint density at radius 2 is 2.00 bits per heavy atom. The zero-order valence-corrected chi connectivity index (χ0v) is 14.2.